The number of carbonyl (C=O) groups excluding carboxylic acids is 1. The van der Waals surface area contributed by atoms with Crippen LogP contribution < -0.4 is 11.5 Å². The van der Waals surface area contributed by atoms with E-state index >= 15 is 0 Å². The standard InChI is InChI=1S/C7H15N3O/c8-3-1-2-6(9)7(11)10-4-5-10/h6H,1-5,8-9H2/t6-/m0/s1. The van der Waals surface area contributed by atoms with E-state index in [9.17, 15) is 4.79 Å². The third-order valence-corrected chi connectivity index (χ3v) is 1.80. The highest BCUT2D eigenvalue weighted by atomic mass is 16.2. The summed E-state index contributed by atoms with van der Waals surface area (Å²) >= 11 is 0. The third kappa shape index (κ3) is 2.48. The van der Waals surface area contributed by atoms with E-state index in [0.29, 0.717) is 13.0 Å². The van der Waals surface area contributed by atoms with E-state index in [1.54, 1.807) is 4.90 Å². The van der Waals surface area contributed by atoms with Crippen molar-refractivity contribution in [2.75, 3.05) is 19.6 Å². The number of nitrogens with zero attached hydrogens (tertiary/aromatic N) is 1. The van der Waals surface area contributed by atoms with E-state index in [-0.39, 0.29) is 11.9 Å². The maximum atomic E-state index is 11.2. The van der Waals surface area contributed by atoms with Crippen LogP contribution in [-0.2, 0) is 4.79 Å². The van der Waals surface area contributed by atoms with Crippen molar-refractivity contribution in [3.05, 3.63) is 0 Å². The van der Waals surface area contributed by atoms with Gasteiger partial charge in [-0.05, 0) is 19.4 Å². The van der Waals surface area contributed by atoms with Gasteiger partial charge in [0.25, 0.3) is 0 Å². The molecule has 0 spiro atoms. The van der Waals surface area contributed by atoms with Crippen molar-refractivity contribution in [3.8, 4) is 0 Å². The van der Waals surface area contributed by atoms with Crippen molar-refractivity contribution in [1.82, 2.24) is 4.90 Å². The molecule has 1 atom stereocenters. The lowest BCUT2D eigenvalue weighted by atomic mass is 10.1. The lowest BCUT2D eigenvalue weighted by Gasteiger charge is -2.09. The zero-order chi connectivity index (χ0) is 8.27. The summed E-state index contributed by atoms with van der Waals surface area (Å²) in [5.74, 6) is 0.0819. The summed E-state index contributed by atoms with van der Waals surface area (Å²) in [5.41, 5.74) is 10.9. The average molecular weight is 157 g/mol. The van der Waals surface area contributed by atoms with Crippen LogP contribution in [0.5, 0.6) is 0 Å². The molecule has 1 fully saturated rings. The van der Waals surface area contributed by atoms with Crippen molar-refractivity contribution < 1.29 is 4.79 Å². The van der Waals surface area contributed by atoms with Gasteiger partial charge in [0.05, 0.1) is 6.04 Å². The molecule has 1 rings (SSSR count). The molecule has 1 saturated heterocycles. The number of hydrogen-bond acceptors (Lipinski definition) is 3. The fourth-order valence-electron chi connectivity index (χ4n) is 0.966. The number of nitrogens with two attached hydrogens (primary N) is 2. The Kier molecular flexibility index (Phi) is 2.84. The Labute approximate surface area is 66.5 Å². The molecule has 0 radical (unpaired) electrons. The molecule has 1 heterocycles. The first-order chi connectivity index (χ1) is 5.25. The molecule has 1 amide bonds. The Hall–Kier alpha value is -0.610. The second-order valence-electron chi connectivity index (χ2n) is 2.86. The average Bonchev–Trinajstić information content (AvgIpc) is 2.81. The minimum absolute atomic E-state index is 0.0819. The molecule has 11 heavy (non-hydrogen) atoms. The number of carbonyl (C=O) groups is 1. The molecule has 0 saturated carbocycles. The van der Waals surface area contributed by atoms with Gasteiger partial charge in [0.1, 0.15) is 0 Å². The van der Waals surface area contributed by atoms with Gasteiger partial charge < -0.3 is 16.4 Å². The van der Waals surface area contributed by atoms with Gasteiger partial charge in [-0.3, -0.25) is 4.79 Å². The Morgan fingerprint density at radius 1 is 1.55 bits per heavy atom. The Bertz CT molecular complexity index is 145. The lowest BCUT2D eigenvalue weighted by molar-refractivity contribution is -0.127. The van der Waals surface area contributed by atoms with Crippen LogP contribution in [0.4, 0.5) is 0 Å². The molecular formula is C7H15N3O. The molecule has 64 valence electrons. The topological polar surface area (TPSA) is 72.1 Å². The first-order valence-electron chi connectivity index (χ1n) is 4.00. The second kappa shape index (κ2) is 3.69. The predicted octanol–water partition coefficient (Wildman–Crippen LogP) is -1.11. The van der Waals surface area contributed by atoms with Crippen LogP contribution in [0.1, 0.15) is 12.8 Å². The largest absolute Gasteiger partial charge is 0.338 e. The number of rotatable bonds is 4. The van der Waals surface area contributed by atoms with Crippen LogP contribution in [0.3, 0.4) is 0 Å². The van der Waals surface area contributed by atoms with E-state index in [1.807, 2.05) is 0 Å². The summed E-state index contributed by atoms with van der Waals surface area (Å²) in [6, 6.07) is -0.318. The van der Waals surface area contributed by atoms with E-state index in [2.05, 4.69) is 0 Å². The molecule has 4 N–H and O–H groups in total. The highest BCUT2D eigenvalue weighted by Gasteiger charge is 2.27. The van der Waals surface area contributed by atoms with Crippen molar-refractivity contribution >= 4 is 5.91 Å². The second-order valence-corrected chi connectivity index (χ2v) is 2.86. The highest BCUT2D eigenvalue weighted by molar-refractivity contribution is 5.83. The fraction of sp³-hybridized carbons (Fsp3) is 0.857. The van der Waals surface area contributed by atoms with Gasteiger partial charge in [-0.25, -0.2) is 0 Å². The van der Waals surface area contributed by atoms with Gasteiger partial charge in [0, 0.05) is 13.1 Å². The maximum absolute atomic E-state index is 11.2. The minimum atomic E-state index is -0.318. The first kappa shape index (κ1) is 8.49. The molecule has 0 aromatic carbocycles. The first-order valence-corrected chi connectivity index (χ1v) is 4.00. The maximum Gasteiger partial charge on any atom is 0.239 e. The van der Waals surface area contributed by atoms with E-state index < -0.39 is 0 Å². The zero-order valence-corrected chi connectivity index (χ0v) is 6.62. The summed E-state index contributed by atoms with van der Waals surface area (Å²) in [5, 5.41) is 0. The molecule has 1 aliphatic heterocycles. The van der Waals surface area contributed by atoms with Gasteiger partial charge in [-0.2, -0.15) is 0 Å². The fourth-order valence-corrected chi connectivity index (χ4v) is 0.966. The van der Waals surface area contributed by atoms with E-state index in [4.69, 9.17) is 11.5 Å². The summed E-state index contributed by atoms with van der Waals surface area (Å²) < 4.78 is 0. The van der Waals surface area contributed by atoms with Crippen molar-refractivity contribution in [1.29, 1.82) is 0 Å². The van der Waals surface area contributed by atoms with Crippen molar-refractivity contribution in [2.24, 2.45) is 11.5 Å². The molecule has 0 unspecified atom stereocenters. The highest BCUT2D eigenvalue weighted by Crippen LogP contribution is 2.07. The van der Waals surface area contributed by atoms with Crippen LogP contribution >= 0.6 is 0 Å². The zero-order valence-electron chi connectivity index (χ0n) is 6.62. The molecule has 0 aliphatic carbocycles. The lowest BCUT2D eigenvalue weighted by Crippen LogP contribution is -2.35. The Balaban J connectivity index is 2.16. The SMILES string of the molecule is NCCC[C@H](N)C(=O)N1CC1. The molecule has 4 nitrogen and oxygen atoms in total. The molecular weight excluding hydrogens is 142 g/mol. The van der Waals surface area contributed by atoms with E-state index in [1.165, 1.54) is 0 Å². The van der Waals surface area contributed by atoms with E-state index in [0.717, 1.165) is 19.5 Å². The smallest absolute Gasteiger partial charge is 0.239 e. The van der Waals surface area contributed by atoms with Gasteiger partial charge in [-0.15, -0.1) is 0 Å². The Morgan fingerprint density at radius 2 is 2.18 bits per heavy atom. The van der Waals surface area contributed by atoms with Crippen LogP contribution in [0.15, 0.2) is 0 Å². The van der Waals surface area contributed by atoms with Gasteiger partial charge in [0.2, 0.25) is 5.91 Å². The summed E-state index contributed by atoms with van der Waals surface area (Å²) in [4.78, 5) is 12.9. The quantitative estimate of drug-likeness (QED) is 0.508. The van der Waals surface area contributed by atoms with Crippen LogP contribution in [-0.4, -0.2) is 36.5 Å². The van der Waals surface area contributed by atoms with Crippen LogP contribution in [0.2, 0.25) is 0 Å². The third-order valence-electron chi connectivity index (χ3n) is 1.80. The van der Waals surface area contributed by atoms with Gasteiger partial charge in [-0.1, -0.05) is 0 Å². The van der Waals surface area contributed by atoms with Crippen molar-refractivity contribution in [3.63, 3.8) is 0 Å². The summed E-state index contributed by atoms with van der Waals surface area (Å²) in [7, 11) is 0. The molecule has 4 heteroatoms. The van der Waals surface area contributed by atoms with Gasteiger partial charge in [0.15, 0.2) is 0 Å². The summed E-state index contributed by atoms with van der Waals surface area (Å²) in [6.45, 7) is 2.38. The predicted molar refractivity (Wildman–Crippen MR) is 42.8 cm³/mol. The summed E-state index contributed by atoms with van der Waals surface area (Å²) in [6.07, 6.45) is 1.55. The molecule has 0 aromatic heterocycles. The van der Waals surface area contributed by atoms with Crippen LogP contribution in [0, 0.1) is 0 Å². The van der Waals surface area contributed by atoms with Crippen molar-refractivity contribution in [2.45, 2.75) is 18.9 Å². The van der Waals surface area contributed by atoms with Crippen LogP contribution in [0.25, 0.3) is 0 Å². The molecule has 1 aliphatic rings. The molecule has 0 aromatic rings. The minimum Gasteiger partial charge on any atom is -0.338 e. The van der Waals surface area contributed by atoms with Gasteiger partial charge >= 0.3 is 0 Å². The normalized spacial score (nSPS) is 18.2. The number of hydrogen-bond donors (Lipinski definition) is 2. The molecule has 0 bridgehead atoms. The Morgan fingerprint density at radius 3 is 2.64 bits per heavy atom. The number of amides is 1. The monoisotopic (exact) mass is 157 g/mol.